The summed E-state index contributed by atoms with van der Waals surface area (Å²) in [5, 5.41) is 8.96. The summed E-state index contributed by atoms with van der Waals surface area (Å²) in [6.07, 6.45) is 0.502. The Balaban J connectivity index is 2.99. The lowest BCUT2D eigenvalue weighted by atomic mass is 10.2. The molecule has 68 valence electrons. The van der Waals surface area contributed by atoms with E-state index in [0.717, 1.165) is 0 Å². The molecule has 13 heavy (non-hydrogen) atoms. The van der Waals surface area contributed by atoms with Gasteiger partial charge in [0.25, 0.3) is 5.09 Å². The van der Waals surface area contributed by atoms with Crippen molar-refractivity contribution in [2.24, 2.45) is 0 Å². The number of hydrogen-bond acceptors (Lipinski definition) is 5. The number of nitrogens with two attached hydrogens (primary N) is 1. The molecule has 0 radical (unpaired) electrons. The zero-order valence-corrected chi connectivity index (χ0v) is 6.47. The first kappa shape index (κ1) is 8.98. The van der Waals surface area contributed by atoms with Crippen LogP contribution in [0.5, 0.6) is 5.75 Å². The number of carbonyl (C=O) groups is 1. The third-order valence-electron chi connectivity index (χ3n) is 1.37. The van der Waals surface area contributed by atoms with E-state index in [0.29, 0.717) is 6.29 Å². The Hall–Kier alpha value is -2.11. The van der Waals surface area contributed by atoms with Gasteiger partial charge < -0.3 is 5.73 Å². The number of rotatable bonds is 3. The number of nitrogens with zero attached hydrogens (tertiary/aromatic N) is 1. The molecule has 6 heteroatoms. The Bertz CT molecular complexity index is 350. The molecule has 2 N–H and O–H groups in total. The van der Waals surface area contributed by atoms with E-state index < -0.39 is 5.09 Å². The number of aldehydes is 1. The molecule has 0 unspecified atom stereocenters. The third kappa shape index (κ3) is 2.16. The monoisotopic (exact) mass is 182 g/mol. The van der Waals surface area contributed by atoms with Gasteiger partial charge in [0.1, 0.15) is 5.75 Å². The van der Waals surface area contributed by atoms with Crippen molar-refractivity contribution in [2.75, 3.05) is 5.73 Å². The van der Waals surface area contributed by atoms with Crippen LogP contribution in [0.2, 0.25) is 0 Å². The molecule has 0 bridgehead atoms. The summed E-state index contributed by atoms with van der Waals surface area (Å²) in [6, 6.07) is 3.87. The van der Waals surface area contributed by atoms with Gasteiger partial charge in [0.15, 0.2) is 6.29 Å². The average molecular weight is 182 g/mol. The van der Waals surface area contributed by atoms with Gasteiger partial charge in [-0.15, -0.1) is 10.1 Å². The molecule has 0 spiro atoms. The lowest BCUT2D eigenvalue weighted by molar-refractivity contribution is -0.711. The van der Waals surface area contributed by atoms with Gasteiger partial charge in [0.2, 0.25) is 0 Å². The molecular weight excluding hydrogens is 176 g/mol. The van der Waals surface area contributed by atoms with Crippen molar-refractivity contribution in [2.45, 2.75) is 0 Å². The van der Waals surface area contributed by atoms with Crippen LogP contribution in [0.3, 0.4) is 0 Å². The van der Waals surface area contributed by atoms with E-state index in [-0.39, 0.29) is 17.0 Å². The standard InChI is InChI=1S/C7H6N2O4/c8-7-2-1-6(13-9(11)12)3-5(7)4-10/h1-4H,8H2. The summed E-state index contributed by atoms with van der Waals surface area (Å²) in [5.41, 5.74) is 5.80. The number of hydrogen-bond donors (Lipinski definition) is 1. The number of nitrogen functional groups attached to an aromatic ring is 1. The van der Waals surface area contributed by atoms with Crippen LogP contribution in [0.1, 0.15) is 10.4 Å². The first-order valence-corrected chi connectivity index (χ1v) is 3.30. The molecular formula is C7H6N2O4. The molecule has 1 rings (SSSR count). The van der Waals surface area contributed by atoms with E-state index in [9.17, 15) is 14.9 Å². The molecule has 0 aliphatic carbocycles. The molecule has 0 saturated heterocycles. The van der Waals surface area contributed by atoms with Crippen molar-refractivity contribution in [3.8, 4) is 5.75 Å². The molecule has 0 aromatic heterocycles. The van der Waals surface area contributed by atoms with E-state index in [4.69, 9.17) is 5.73 Å². The SMILES string of the molecule is Nc1ccc(O[N+](=O)[O-])cc1C=O. The Labute approximate surface area is 73.0 Å². The fourth-order valence-corrected chi connectivity index (χ4v) is 0.798. The maximum absolute atomic E-state index is 10.4. The van der Waals surface area contributed by atoms with Crippen molar-refractivity contribution < 1.29 is 14.7 Å². The highest BCUT2D eigenvalue weighted by molar-refractivity contribution is 5.83. The fourth-order valence-electron chi connectivity index (χ4n) is 0.798. The largest absolute Gasteiger partial charge is 0.398 e. The van der Waals surface area contributed by atoms with E-state index in [1.807, 2.05) is 0 Å². The summed E-state index contributed by atoms with van der Waals surface area (Å²) in [6.45, 7) is 0. The minimum absolute atomic E-state index is 0.0266. The molecule has 0 aliphatic heterocycles. The topological polar surface area (TPSA) is 95.5 Å². The van der Waals surface area contributed by atoms with Gasteiger partial charge in [-0.3, -0.25) is 9.63 Å². The van der Waals surface area contributed by atoms with Gasteiger partial charge in [0, 0.05) is 11.3 Å². The molecule has 0 aliphatic rings. The number of benzene rings is 1. The second kappa shape index (κ2) is 3.53. The molecule has 0 heterocycles. The third-order valence-corrected chi connectivity index (χ3v) is 1.37. The molecule has 0 saturated carbocycles. The van der Waals surface area contributed by atoms with Crippen molar-refractivity contribution in [3.63, 3.8) is 0 Å². The van der Waals surface area contributed by atoms with Gasteiger partial charge in [-0.25, -0.2) is 0 Å². The van der Waals surface area contributed by atoms with E-state index >= 15 is 0 Å². The Kier molecular flexibility index (Phi) is 2.44. The van der Waals surface area contributed by atoms with Gasteiger partial charge in [-0.2, -0.15) is 0 Å². The summed E-state index contributed by atoms with van der Waals surface area (Å²) in [7, 11) is 0. The van der Waals surface area contributed by atoms with Gasteiger partial charge in [0.05, 0.1) is 0 Å². The number of carbonyl (C=O) groups excluding carboxylic acids is 1. The fraction of sp³-hybridized carbons (Fsp3) is 0. The van der Waals surface area contributed by atoms with E-state index in [2.05, 4.69) is 4.84 Å². The van der Waals surface area contributed by atoms with Crippen molar-refractivity contribution in [1.82, 2.24) is 0 Å². The van der Waals surface area contributed by atoms with Crippen molar-refractivity contribution in [3.05, 3.63) is 33.9 Å². The van der Waals surface area contributed by atoms with E-state index in [1.165, 1.54) is 18.2 Å². The molecule has 0 fully saturated rings. The van der Waals surface area contributed by atoms with Crippen molar-refractivity contribution >= 4 is 12.0 Å². The highest BCUT2D eigenvalue weighted by atomic mass is 17.0. The van der Waals surface area contributed by atoms with Crippen LogP contribution in [-0.2, 0) is 0 Å². The Morgan fingerprint density at radius 2 is 2.23 bits per heavy atom. The quantitative estimate of drug-likeness (QED) is 0.320. The van der Waals surface area contributed by atoms with Crippen LogP contribution in [0.4, 0.5) is 5.69 Å². The Morgan fingerprint density at radius 3 is 2.77 bits per heavy atom. The lowest BCUT2D eigenvalue weighted by Gasteiger charge is -2.01. The van der Waals surface area contributed by atoms with E-state index in [1.54, 1.807) is 0 Å². The minimum atomic E-state index is -0.958. The van der Waals surface area contributed by atoms with Crippen LogP contribution in [0.15, 0.2) is 18.2 Å². The first-order chi connectivity index (χ1) is 6.13. The second-order valence-electron chi connectivity index (χ2n) is 2.22. The smallest absolute Gasteiger partial charge is 0.299 e. The van der Waals surface area contributed by atoms with Crippen LogP contribution in [-0.4, -0.2) is 11.4 Å². The zero-order chi connectivity index (χ0) is 9.84. The van der Waals surface area contributed by atoms with Crippen LogP contribution >= 0.6 is 0 Å². The highest BCUT2D eigenvalue weighted by Crippen LogP contribution is 2.17. The Morgan fingerprint density at radius 1 is 1.54 bits per heavy atom. The first-order valence-electron chi connectivity index (χ1n) is 3.30. The molecule has 1 aromatic carbocycles. The minimum Gasteiger partial charge on any atom is -0.398 e. The van der Waals surface area contributed by atoms with Gasteiger partial charge in [-0.1, -0.05) is 0 Å². The lowest BCUT2D eigenvalue weighted by Crippen LogP contribution is -2.04. The normalized spacial score (nSPS) is 9.23. The summed E-state index contributed by atoms with van der Waals surface area (Å²) in [4.78, 5) is 24.4. The summed E-state index contributed by atoms with van der Waals surface area (Å²) in [5.74, 6) is -0.0266. The van der Waals surface area contributed by atoms with Gasteiger partial charge >= 0.3 is 0 Å². The van der Waals surface area contributed by atoms with Crippen molar-refractivity contribution in [1.29, 1.82) is 0 Å². The van der Waals surface area contributed by atoms with Crippen LogP contribution in [0, 0.1) is 10.1 Å². The summed E-state index contributed by atoms with van der Waals surface area (Å²) >= 11 is 0. The average Bonchev–Trinajstić information content (AvgIpc) is 2.07. The predicted octanol–water partition coefficient (Wildman–Crippen LogP) is 0.652. The zero-order valence-electron chi connectivity index (χ0n) is 6.47. The van der Waals surface area contributed by atoms with Crippen LogP contribution in [0.25, 0.3) is 0 Å². The molecule has 0 atom stereocenters. The molecule has 0 amide bonds. The maximum atomic E-state index is 10.4. The molecule has 1 aromatic rings. The predicted molar refractivity (Wildman–Crippen MR) is 43.9 cm³/mol. The van der Waals surface area contributed by atoms with Crippen LogP contribution < -0.4 is 10.6 Å². The summed E-state index contributed by atoms with van der Waals surface area (Å²) < 4.78 is 0. The number of anilines is 1. The second-order valence-corrected chi connectivity index (χ2v) is 2.22. The molecule has 6 nitrogen and oxygen atoms in total. The highest BCUT2D eigenvalue weighted by Gasteiger charge is 2.03. The van der Waals surface area contributed by atoms with Gasteiger partial charge in [-0.05, 0) is 18.2 Å². The maximum Gasteiger partial charge on any atom is 0.299 e.